The van der Waals surface area contributed by atoms with Crippen molar-refractivity contribution in [3.05, 3.63) is 11.3 Å². The molecule has 19 heavy (non-hydrogen) atoms. The van der Waals surface area contributed by atoms with E-state index in [1.165, 1.54) is 10.6 Å². The van der Waals surface area contributed by atoms with Gasteiger partial charge in [0.15, 0.2) is 0 Å². The summed E-state index contributed by atoms with van der Waals surface area (Å²) in [5.74, 6) is 0.662. The van der Waals surface area contributed by atoms with E-state index in [2.05, 4.69) is 38.1 Å². The van der Waals surface area contributed by atoms with E-state index in [4.69, 9.17) is 4.74 Å². The largest absolute Gasteiger partial charge is 0.383 e. The summed E-state index contributed by atoms with van der Waals surface area (Å²) in [6.45, 7) is 11.3. The number of rotatable bonds is 8. The molecule has 0 saturated heterocycles. The minimum Gasteiger partial charge on any atom is -0.383 e. The van der Waals surface area contributed by atoms with Crippen molar-refractivity contribution in [3.63, 3.8) is 0 Å². The topological polar surface area (TPSA) is 39.1 Å². The Balaban J connectivity index is 2.73. The van der Waals surface area contributed by atoms with Crippen LogP contribution < -0.4 is 5.32 Å². The molecule has 1 aromatic heterocycles. The van der Waals surface area contributed by atoms with Gasteiger partial charge in [-0.25, -0.2) is 0 Å². The molecule has 1 atom stereocenters. The van der Waals surface area contributed by atoms with Crippen molar-refractivity contribution in [1.29, 1.82) is 0 Å². The summed E-state index contributed by atoms with van der Waals surface area (Å²) in [5, 5.41) is 9.83. The van der Waals surface area contributed by atoms with E-state index in [1.807, 2.05) is 23.5 Å². The van der Waals surface area contributed by atoms with Crippen LogP contribution >= 0.6 is 11.8 Å². The molecule has 110 valence electrons. The molecule has 0 aliphatic rings. The normalized spacial score (nSPS) is 13.2. The third-order valence-electron chi connectivity index (χ3n) is 3.31. The highest BCUT2D eigenvalue weighted by molar-refractivity contribution is 7.99. The van der Waals surface area contributed by atoms with Crippen LogP contribution in [0.4, 0.5) is 0 Å². The molecule has 1 N–H and O–H groups in total. The van der Waals surface area contributed by atoms with Crippen LogP contribution in [-0.4, -0.2) is 35.3 Å². The Morgan fingerprint density at radius 2 is 2.05 bits per heavy atom. The first-order valence-corrected chi connectivity index (χ1v) is 7.74. The summed E-state index contributed by atoms with van der Waals surface area (Å²) in [7, 11) is 3.75. The molecule has 1 unspecified atom stereocenters. The monoisotopic (exact) mass is 285 g/mol. The molecule has 1 rings (SSSR count). The van der Waals surface area contributed by atoms with Crippen LogP contribution in [0.3, 0.4) is 0 Å². The minimum absolute atomic E-state index is 0.590. The molecule has 0 bridgehead atoms. The van der Waals surface area contributed by atoms with Crippen LogP contribution in [0.25, 0.3) is 0 Å². The van der Waals surface area contributed by atoms with Crippen LogP contribution in [0.5, 0.6) is 0 Å². The lowest BCUT2D eigenvalue weighted by Gasteiger charge is -2.16. The molecule has 1 aromatic rings. The number of nitrogens with one attached hydrogen (secondary N) is 1. The van der Waals surface area contributed by atoms with Crippen molar-refractivity contribution >= 4 is 11.8 Å². The van der Waals surface area contributed by atoms with Crippen LogP contribution in [0.2, 0.25) is 0 Å². The van der Waals surface area contributed by atoms with Crippen molar-refractivity contribution in [2.24, 2.45) is 13.0 Å². The number of thioether (sulfide) groups is 1. The van der Waals surface area contributed by atoms with Crippen LogP contribution in [-0.2, 0) is 18.3 Å². The summed E-state index contributed by atoms with van der Waals surface area (Å²) < 4.78 is 7.06. The quantitative estimate of drug-likeness (QED) is 0.589. The average molecular weight is 285 g/mol. The van der Waals surface area contributed by atoms with Crippen molar-refractivity contribution in [3.8, 4) is 0 Å². The number of methoxy groups -OCH3 is 1. The van der Waals surface area contributed by atoms with Crippen molar-refractivity contribution in [1.82, 2.24) is 15.1 Å². The molecule has 4 nitrogen and oxygen atoms in total. The molecule has 0 spiro atoms. The maximum absolute atomic E-state index is 5.05. The van der Waals surface area contributed by atoms with Gasteiger partial charge in [-0.1, -0.05) is 20.8 Å². The Labute approximate surface area is 121 Å². The predicted octanol–water partition coefficient (Wildman–Crippen LogP) is 2.60. The standard InChI is InChI=1S/C14H27N3OS/c1-10(2)12(4)19-14-13(9-15-7-8-18-6)11(3)16-17(14)5/h10,12,15H,7-9H2,1-6H3. The number of hydrogen-bond donors (Lipinski definition) is 1. The van der Waals surface area contributed by atoms with E-state index < -0.39 is 0 Å². The van der Waals surface area contributed by atoms with E-state index in [9.17, 15) is 0 Å². The highest BCUT2D eigenvalue weighted by Crippen LogP contribution is 2.31. The Kier molecular flexibility index (Phi) is 6.89. The Morgan fingerprint density at radius 3 is 2.63 bits per heavy atom. The van der Waals surface area contributed by atoms with Crippen molar-refractivity contribution in [2.75, 3.05) is 20.3 Å². The first kappa shape index (κ1) is 16.5. The van der Waals surface area contributed by atoms with Gasteiger partial charge < -0.3 is 10.1 Å². The van der Waals surface area contributed by atoms with Gasteiger partial charge in [0.05, 0.1) is 17.3 Å². The molecule has 1 heterocycles. The molecule has 0 saturated carbocycles. The molecule has 0 aliphatic carbocycles. The summed E-state index contributed by atoms with van der Waals surface area (Å²) in [4.78, 5) is 0. The third kappa shape index (κ3) is 4.82. The highest BCUT2D eigenvalue weighted by Gasteiger charge is 2.17. The zero-order valence-corrected chi connectivity index (χ0v) is 13.8. The highest BCUT2D eigenvalue weighted by atomic mass is 32.2. The van der Waals surface area contributed by atoms with Crippen molar-refractivity contribution in [2.45, 2.75) is 44.5 Å². The second kappa shape index (κ2) is 7.92. The smallest absolute Gasteiger partial charge is 0.0987 e. The van der Waals surface area contributed by atoms with Crippen LogP contribution in [0.15, 0.2) is 5.03 Å². The third-order valence-corrected chi connectivity index (χ3v) is 4.96. The van der Waals surface area contributed by atoms with Gasteiger partial charge >= 0.3 is 0 Å². The molecule has 0 aromatic carbocycles. The Bertz CT molecular complexity index is 390. The van der Waals surface area contributed by atoms with Gasteiger partial charge in [-0.2, -0.15) is 5.10 Å². The minimum atomic E-state index is 0.590. The first-order chi connectivity index (χ1) is 8.97. The Hall–Kier alpha value is -0.520. The molecule has 0 fully saturated rings. The van der Waals surface area contributed by atoms with Crippen LogP contribution in [0, 0.1) is 12.8 Å². The number of hydrogen-bond acceptors (Lipinski definition) is 4. The van der Waals surface area contributed by atoms with Crippen molar-refractivity contribution < 1.29 is 4.74 Å². The summed E-state index contributed by atoms with van der Waals surface area (Å²) in [6.07, 6.45) is 0. The summed E-state index contributed by atoms with van der Waals surface area (Å²) >= 11 is 1.92. The van der Waals surface area contributed by atoms with Gasteiger partial charge in [0.2, 0.25) is 0 Å². The van der Waals surface area contributed by atoms with E-state index >= 15 is 0 Å². The number of ether oxygens (including phenoxy) is 1. The van der Waals surface area contributed by atoms with Crippen LogP contribution in [0.1, 0.15) is 32.0 Å². The molecule has 5 heteroatoms. The predicted molar refractivity (Wildman–Crippen MR) is 81.7 cm³/mol. The summed E-state index contributed by atoms with van der Waals surface area (Å²) in [6, 6.07) is 0. The average Bonchev–Trinajstić information content (AvgIpc) is 2.60. The lowest BCUT2D eigenvalue weighted by atomic mass is 10.2. The maximum Gasteiger partial charge on any atom is 0.0987 e. The van der Waals surface area contributed by atoms with E-state index in [0.717, 1.165) is 25.4 Å². The zero-order valence-electron chi connectivity index (χ0n) is 13.0. The second-order valence-electron chi connectivity index (χ2n) is 5.23. The SMILES string of the molecule is COCCNCc1c(C)nn(C)c1SC(C)C(C)C. The molecule has 0 amide bonds. The molecule has 0 aliphatic heterocycles. The number of nitrogens with zero attached hydrogens (tertiary/aromatic N) is 2. The van der Waals surface area contributed by atoms with E-state index in [0.29, 0.717) is 11.2 Å². The fraction of sp³-hybridized carbons (Fsp3) is 0.786. The number of aromatic nitrogens is 2. The lowest BCUT2D eigenvalue weighted by molar-refractivity contribution is 0.199. The maximum atomic E-state index is 5.05. The Morgan fingerprint density at radius 1 is 1.37 bits per heavy atom. The molecular weight excluding hydrogens is 258 g/mol. The number of aryl methyl sites for hydroxylation is 2. The second-order valence-corrected chi connectivity index (χ2v) is 6.60. The molecule has 0 radical (unpaired) electrons. The van der Waals surface area contributed by atoms with E-state index in [-0.39, 0.29) is 0 Å². The molecular formula is C14H27N3OS. The van der Waals surface area contributed by atoms with E-state index in [1.54, 1.807) is 7.11 Å². The van der Waals surface area contributed by atoms with Gasteiger partial charge in [0, 0.05) is 38.1 Å². The van der Waals surface area contributed by atoms with Gasteiger partial charge in [0.1, 0.15) is 0 Å². The fourth-order valence-corrected chi connectivity index (χ4v) is 2.91. The lowest BCUT2D eigenvalue weighted by Crippen LogP contribution is -2.19. The fourth-order valence-electron chi connectivity index (χ4n) is 1.73. The first-order valence-electron chi connectivity index (χ1n) is 6.86. The van der Waals surface area contributed by atoms with Gasteiger partial charge in [-0.3, -0.25) is 4.68 Å². The van der Waals surface area contributed by atoms with Gasteiger partial charge in [0.25, 0.3) is 0 Å². The summed E-state index contributed by atoms with van der Waals surface area (Å²) in [5.41, 5.74) is 2.43. The van der Waals surface area contributed by atoms with Gasteiger partial charge in [-0.15, -0.1) is 11.8 Å². The zero-order chi connectivity index (χ0) is 14.4. The van der Waals surface area contributed by atoms with Gasteiger partial charge in [-0.05, 0) is 12.8 Å².